The number of ether oxygens (including phenoxy) is 1. The average Bonchev–Trinajstić information content (AvgIpc) is 2.52. The van der Waals surface area contributed by atoms with Gasteiger partial charge in [0, 0.05) is 32.2 Å². The van der Waals surface area contributed by atoms with E-state index >= 15 is 0 Å². The Morgan fingerprint density at radius 3 is 2.95 bits per heavy atom. The van der Waals surface area contributed by atoms with Crippen molar-refractivity contribution in [3.05, 3.63) is 29.8 Å². The lowest BCUT2D eigenvalue weighted by Gasteiger charge is -2.34. The zero-order valence-electron chi connectivity index (χ0n) is 13.1. The number of nitrogens with one attached hydrogen (secondary N) is 2. The standard InChI is InChI=1S/C16H23N3O3/c1-3-22-14-7-5-4-6-12(14)11-19-9-8-18-16(21)13(19)10-15(20)17-2/h4-7,13H,3,8-11H2,1-2H3,(H,17,20)(H,18,21). The van der Waals surface area contributed by atoms with Crippen molar-refractivity contribution in [1.82, 2.24) is 15.5 Å². The summed E-state index contributed by atoms with van der Waals surface area (Å²) in [6, 6.07) is 7.36. The summed E-state index contributed by atoms with van der Waals surface area (Å²) in [4.78, 5) is 25.8. The molecule has 120 valence electrons. The summed E-state index contributed by atoms with van der Waals surface area (Å²) in [6.45, 7) is 4.44. The van der Waals surface area contributed by atoms with Crippen LogP contribution in [-0.4, -0.2) is 49.5 Å². The molecule has 1 unspecified atom stereocenters. The van der Waals surface area contributed by atoms with Crippen LogP contribution in [0.2, 0.25) is 0 Å². The van der Waals surface area contributed by atoms with E-state index in [1.165, 1.54) is 0 Å². The Morgan fingerprint density at radius 2 is 2.23 bits per heavy atom. The summed E-state index contributed by atoms with van der Waals surface area (Å²) in [5, 5.41) is 5.40. The Hall–Kier alpha value is -2.08. The zero-order valence-corrected chi connectivity index (χ0v) is 13.1. The molecule has 6 heteroatoms. The number of carbonyl (C=O) groups excluding carboxylic acids is 2. The van der Waals surface area contributed by atoms with Crippen LogP contribution in [-0.2, 0) is 16.1 Å². The molecule has 1 aromatic carbocycles. The summed E-state index contributed by atoms with van der Waals surface area (Å²) in [7, 11) is 1.58. The van der Waals surface area contributed by atoms with Gasteiger partial charge >= 0.3 is 0 Å². The normalized spacial score (nSPS) is 18.6. The molecule has 1 fully saturated rings. The van der Waals surface area contributed by atoms with Crippen LogP contribution < -0.4 is 15.4 Å². The molecule has 2 rings (SSSR count). The van der Waals surface area contributed by atoms with E-state index in [1.54, 1.807) is 7.05 Å². The Kier molecular flexibility index (Phi) is 5.77. The van der Waals surface area contributed by atoms with Gasteiger partial charge < -0.3 is 15.4 Å². The lowest BCUT2D eigenvalue weighted by atomic mass is 10.1. The maximum atomic E-state index is 12.1. The first-order valence-electron chi connectivity index (χ1n) is 7.58. The smallest absolute Gasteiger partial charge is 0.237 e. The molecule has 1 aliphatic heterocycles. The SMILES string of the molecule is CCOc1ccccc1CN1CCNC(=O)C1CC(=O)NC. The highest BCUT2D eigenvalue weighted by molar-refractivity contribution is 5.88. The highest BCUT2D eigenvalue weighted by atomic mass is 16.5. The van der Waals surface area contributed by atoms with Crippen molar-refractivity contribution in [1.29, 1.82) is 0 Å². The van der Waals surface area contributed by atoms with Crippen LogP contribution in [0.4, 0.5) is 0 Å². The molecule has 0 bridgehead atoms. The van der Waals surface area contributed by atoms with E-state index in [2.05, 4.69) is 10.6 Å². The second kappa shape index (κ2) is 7.79. The number of nitrogens with zero attached hydrogens (tertiary/aromatic N) is 1. The van der Waals surface area contributed by atoms with E-state index in [0.29, 0.717) is 26.2 Å². The monoisotopic (exact) mass is 305 g/mol. The first kappa shape index (κ1) is 16.3. The highest BCUT2D eigenvalue weighted by Gasteiger charge is 2.31. The van der Waals surface area contributed by atoms with Gasteiger partial charge in [-0.25, -0.2) is 0 Å². The second-order valence-electron chi connectivity index (χ2n) is 5.20. The molecule has 0 radical (unpaired) electrons. The summed E-state index contributed by atoms with van der Waals surface area (Å²) < 4.78 is 5.64. The van der Waals surface area contributed by atoms with Crippen molar-refractivity contribution in [3.63, 3.8) is 0 Å². The number of benzene rings is 1. The van der Waals surface area contributed by atoms with Crippen molar-refractivity contribution in [2.45, 2.75) is 25.9 Å². The van der Waals surface area contributed by atoms with Gasteiger partial charge in [0.15, 0.2) is 0 Å². The van der Waals surface area contributed by atoms with Crippen LogP contribution in [0.5, 0.6) is 5.75 Å². The van der Waals surface area contributed by atoms with Gasteiger partial charge in [-0.15, -0.1) is 0 Å². The van der Waals surface area contributed by atoms with Crippen LogP contribution in [0.25, 0.3) is 0 Å². The minimum absolute atomic E-state index is 0.0938. The third kappa shape index (κ3) is 3.98. The van der Waals surface area contributed by atoms with Crippen molar-refractivity contribution >= 4 is 11.8 Å². The van der Waals surface area contributed by atoms with E-state index in [4.69, 9.17) is 4.74 Å². The summed E-state index contributed by atoms with van der Waals surface area (Å²) in [5.41, 5.74) is 1.03. The Bertz CT molecular complexity index is 533. The van der Waals surface area contributed by atoms with E-state index in [0.717, 1.165) is 11.3 Å². The molecule has 2 amide bonds. The molecule has 0 aliphatic carbocycles. The number of piperazine rings is 1. The number of carbonyl (C=O) groups is 2. The fraction of sp³-hybridized carbons (Fsp3) is 0.500. The Balaban J connectivity index is 2.14. The van der Waals surface area contributed by atoms with E-state index in [-0.39, 0.29) is 18.2 Å². The van der Waals surface area contributed by atoms with Gasteiger partial charge in [0.25, 0.3) is 0 Å². The molecule has 1 aromatic rings. The van der Waals surface area contributed by atoms with Gasteiger partial charge in [0.1, 0.15) is 5.75 Å². The van der Waals surface area contributed by atoms with Gasteiger partial charge in [-0.2, -0.15) is 0 Å². The minimum atomic E-state index is -0.441. The number of amides is 2. The molecule has 6 nitrogen and oxygen atoms in total. The lowest BCUT2D eigenvalue weighted by Crippen LogP contribution is -2.56. The van der Waals surface area contributed by atoms with Crippen molar-refractivity contribution in [3.8, 4) is 5.75 Å². The third-order valence-electron chi connectivity index (χ3n) is 3.75. The summed E-state index contributed by atoms with van der Waals surface area (Å²) in [6.07, 6.45) is 0.166. The molecule has 1 atom stereocenters. The number of rotatable bonds is 6. The highest BCUT2D eigenvalue weighted by Crippen LogP contribution is 2.22. The molecule has 2 N–H and O–H groups in total. The summed E-state index contributed by atoms with van der Waals surface area (Å²) >= 11 is 0. The number of para-hydroxylation sites is 1. The predicted octanol–water partition coefficient (Wildman–Crippen LogP) is 0.522. The summed E-state index contributed by atoms with van der Waals surface area (Å²) in [5.74, 6) is 0.601. The Labute approximate surface area is 130 Å². The first-order chi connectivity index (χ1) is 10.7. The molecule has 1 heterocycles. The molecule has 0 spiro atoms. The van der Waals surface area contributed by atoms with Crippen LogP contribution >= 0.6 is 0 Å². The van der Waals surface area contributed by atoms with E-state index < -0.39 is 6.04 Å². The molecular weight excluding hydrogens is 282 g/mol. The fourth-order valence-corrected chi connectivity index (χ4v) is 2.60. The molecule has 22 heavy (non-hydrogen) atoms. The number of hydrogen-bond donors (Lipinski definition) is 2. The topological polar surface area (TPSA) is 70.7 Å². The molecule has 0 saturated carbocycles. The van der Waals surface area contributed by atoms with Crippen molar-refractivity contribution in [2.75, 3.05) is 26.7 Å². The maximum absolute atomic E-state index is 12.1. The van der Waals surface area contributed by atoms with Crippen LogP contribution in [0.1, 0.15) is 18.9 Å². The maximum Gasteiger partial charge on any atom is 0.237 e. The number of hydrogen-bond acceptors (Lipinski definition) is 4. The molecule has 1 saturated heterocycles. The quantitative estimate of drug-likeness (QED) is 0.804. The van der Waals surface area contributed by atoms with Crippen LogP contribution in [0.15, 0.2) is 24.3 Å². The predicted molar refractivity (Wildman–Crippen MR) is 83.5 cm³/mol. The van der Waals surface area contributed by atoms with E-state index in [9.17, 15) is 9.59 Å². The largest absolute Gasteiger partial charge is 0.494 e. The van der Waals surface area contributed by atoms with Crippen LogP contribution in [0.3, 0.4) is 0 Å². The van der Waals surface area contributed by atoms with E-state index in [1.807, 2.05) is 36.1 Å². The zero-order chi connectivity index (χ0) is 15.9. The Morgan fingerprint density at radius 1 is 1.45 bits per heavy atom. The van der Waals surface area contributed by atoms with Gasteiger partial charge in [0.05, 0.1) is 19.1 Å². The average molecular weight is 305 g/mol. The van der Waals surface area contributed by atoms with Crippen molar-refractivity contribution < 1.29 is 14.3 Å². The van der Waals surface area contributed by atoms with Crippen molar-refractivity contribution in [2.24, 2.45) is 0 Å². The van der Waals surface area contributed by atoms with Gasteiger partial charge in [-0.3, -0.25) is 14.5 Å². The fourth-order valence-electron chi connectivity index (χ4n) is 2.60. The second-order valence-corrected chi connectivity index (χ2v) is 5.20. The first-order valence-corrected chi connectivity index (χ1v) is 7.58. The van der Waals surface area contributed by atoms with Gasteiger partial charge in [-0.1, -0.05) is 18.2 Å². The third-order valence-corrected chi connectivity index (χ3v) is 3.75. The molecule has 1 aliphatic rings. The van der Waals surface area contributed by atoms with Gasteiger partial charge in [-0.05, 0) is 13.0 Å². The van der Waals surface area contributed by atoms with Gasteiger partial charge in [0.2, 0.25) is 11.8 Å². The van der Waals surface area contributed by atoms with Crippen LogP contribution in [0, 0.1) is 0 Å². The molecule has 0 aromatic heterocycles. The minimum Gasteiger partial charge on any atom is -0.494 e. The lowest BCUT2D eigenvalue weighted by molar-refractivity contribution is -0.134. The molecular formula is C16H23N3O3.